The molecule has 3 aromatic carbocycles. The van der Waals surface area contributed by atoms with Crippen LogP contribution in [-0.4, -0.2) is 81.3 Å². The number of likely N-dealkylation sites (tertiary alicyclic amines) is 1. The average molecular weight is 702 g/mol. The smallest absolute Gasteiger partial charge is 0.410 e. The summed E-state index contributed by atoms with van der Waals surface area (Å²) in [7, 11) is 1.67. The number of hydrogen-bond donors (Lipinski definition) is 1. The number of para-hydroxylation sites is 2. The second-order valence-corrected chi connectivity index (χ2v) is 14.3. The van der Waals surface area contributed by atoms with Gasteiger partial charge in [-0.25, -0.2) is 4.79 Å². The van der Waals surface area contributed by atoms with Crippen molar-refractivity contribution < 1.29 is 33.3 Å². The average Bonchev–Trinajstić information content (AvgIpc) is 3.12. The van der Waals surface area contributed by atoms with E-state index in [1.807, 2.05) is 57.2 Å². The van der Waals surface area contributed by atoms with E-state index >= 15 is 0 Å². The van der Waals surface area contributed by atoms with E-state index < -0.39 is 5.60 Å². The maximum absolute atomic E-state index is 13.3. The lowest BCUT2D eigenvalue weighted by atomic mass is 9.87. The summed E-state index contributed by atoms with van der Waals surface area (Å²) in [5.41, 5.74) is 4.03. The summed E-state index contributed by atoms with van der Waals surface area (Å²) in [6, 6.07) is 24.6. The van der Waals surface area contributed by atoms with E-state index in [4.69, 9.17) is 23.7 Å². The molecule has 0 bridgehead atoms. The van der Waals surface area contributed by atoms with Crippen molar-refractivity contribution in [1.82, 2.24) is 10.2 Å². The summed E-state index contributed by atoms with van der Waals surface area (Å²) in [4.78, 5) is 29.2. The van der Waals surface area contributed by atoms with Gasteiger partial charge in [0.25, 0.3) is 0 Å². The Bertz CT molecular complexity index is 1560. The fraction of sp³-hybridized carbons (Fsp3) is 0.512. The lowest BCUT2D eigenvalue weighted by molar-refractivity contribution is -0.119. The fourth-order valence-electron chi connectivity index (χ4n) is 6.83. The van der Waals surface area contributed by atoms with Gasteiger partial charge >= 0.3 is 6.09 Å². The number of rotatable bonds is 15. The molecule has 0 spiro atoms. The summed E-state index contributed by atoms with van der Waals surface area (Å²) >= 11 is 0. The third kappa shape index (κ3) is 11.1. The molecule has 2 amide bonds. The molecule has 5 rings (SSSR count). The van der Waals surface area contributed by atoms with Crippen molar-refractivity contribution in [3.8, 4) is 11.5 Å². The molecule has 0 radical (unpaired) electrons. The molecule has 1 saturated heterocycles. The van der Waals surface area contributed by atoms with Crippen molar-refractivity contribution in [3.63, 3.8) is 0 Å². The molecule has 1 unspecified atom stereocenters. The zero-order valence-electron chi connectivity index (χ0n) is 30.9. The Kier molecular flexibility index (Phi) is 13.6. The van der Waals surface area contributed by atoms with Gasteiger partial charge in [0.15, 0.2) is 0 Å². The van der Waals surface area contributed by atoms with E-state index in [-0.39, 0.29) is 30.3 Å². The van der Waals surface area contributed by atoms with Gasteiger partial charge in [-0.3, -0.25) is 4.79 Å². The van der Waals surface area contributed by atoms with Crippen molar-refractivity contribution in [3.05, 3.63) is 89.5 Å². The van der Waals surface area contributed by atoms with E-state index in [0.29, 0.717) is 45.9 Å². The Morgan fingerprint density at radius 3 is 2.49 bits per heavy atom. The molecule has 276 valence electrons. The Morgan fingerprint density at radius 1 is 0.961 bits per heavy atom. The predicted octanol–water partition coefficient (Wildman–Crippen LogP) is 7.10. The largest absolute Gasteiger partial charge is 0.496 e. The number of fused-ring (bicyclic) bond motifs is 1. The normalized spacial score (nSPS) is 18.1. The number of hydrogen-bond acceptors (Lipinski definition) is 8. The van der Waals surface area contributed by atoms with E-state index in [0.717, 1.165) is 54.9 Å². The fourth-order valence-corrected chi connectivity index (χ4v) is 6.83. The lowest BCUT2D eigenvalue weighted by Gasteiger charge is -2.44. The van der Waals surface area contributed by atoms with Gasteiger partial charge in [0, 0.05) is 56.6 Å². The number of anilines is 1. The number of ether oxygens (including phenoxy) is 5. The first-order chi connectivity index (χ1) is 24.6. The summed E-state index contributed by atoms with van der Waals surface area (Å²) in [6.45, 7) is 11.1. The van der Waals surface area contributed by atoms with Crippen LogP contribution in [0, 0.1) is 0 Å². The number of nitrogens with zero attached hydrogens (tertiary/aromatic N) is 2. The number of aryl methyl sites for hydroxylation is 1. The van der Waals surface area contributed by atoms with Crippen LogP contribution in [0.1, 0.15) is 76.0 Å². The van der Waals surface area contributed by atoms with Crippen LogP contribution in [0.3, 0.4) is 0 Å². The van der Waals surface area contributed by atoms with Crippen molar-refractivity contribution in [2.24, 2.45) is 0 Å². The monoisotopic (exact) mass is 701 g/mol. The number of piperidine rings is 1. The highest BCUT2D eigenvalue weighted by atomic mass is 16.6. The molecule has 2 aliphatic heterocycles. The molecule has 0 aliphatic carbocycles. The molecule has 51 heavy (non-hydrogen) atoms. The molecule has 10 nitrogen and oxygen atoms in total. The van der Waals surface area contributed by atoms with Crippen LogP contribution in [0.2, 0.25) is 0 Å². The molecule has 0 aromatic heterocycles. The van der Waals surface area contributed by atoms with Crippen LogP contribution >= 0.6 is 0 Å². The minimum absolute atomic E-state index is 0.0458. The molecule has 2 heterocycles. The third-order valence-electron chi connectivity index (χ3n) is 9.26. The number of nitrogens with one attached hydrogen (secondary N) is 1. The van der Waals surface area contributed by atoms with Gasteiger partial charge in [0.2, 0.25) is 5.91 Å². The van der Waals surface area contributed by atoms with Gasteiger partial charge in [0.1, 0.15) is 23.3 Å². The quantitative estimate of drug-likeness (QED) is 0.168. The number of carbonyl (C=O) groups excluding carboxylic acids is 2. The zero-order chi connectivity index (χ0) is 36.2. The Labute approximate surface area is 303 Å². The highest BCUT2D eigenvalue weighted by Crippen LogP contribution is 2.36. The van der Waals surface area contributed by atoms with Crippen molar-refractivity contribution in [2.45, 2.75) is 90.3 Å². The van der Waals surface area contributed by atoms with Crippen LogP contribution in [0.4, 0.5) is 10.5 Å². The Morgan fingerprint density at radius 2 is 1.73 bits per heavy atom. The van der Waals surface area contributed by atoms with Crippen LogP contribution < -0.4 is 19.7 Å². The first-order valence-electron chi connectivity index (χ1n) is 18.3. The first kappa shape index (κ1) is 38.0. The summed E-state index contributed by atoms with van der Waals surface area (Å²) in [5.74, 6) is 1.60. The molecule has 1 N–H and O–H groups in total. The topological polar surface area (TPSA) is 98.8 Å². The van der Waals surface area contributed by atoms with Crippen molar-refractivity contribution in [1.29, 1.82) is 0 Å². The Balaban J connectivity index is 1.26. The number of carbonyl (C=O) groups is 2. The van der Waals surface area contributed by atoms with Crippen LogP contribution in [-0.2, 0) is 32.0 Å². The summed E-state index contributed by atoms with van der Waals surface area (Å²) in [6.07, 6.45) is 3.21. The van der Waals surface area contributed by atoms with Gasteiger partial charge in [-0.05, 0) is 75.4 Å². The molecular formula is C41H55N3O7. The van der Waals surface area contributed by atoms with Gasteiger partial charge in [-0.2, -0.15) is 0 Å². The van der Waals surface area contributed by atoms with Gasteiger partial charge in [-0.15, -0.1) is 0 Å². The standard InChI is InChI=1S/C41H55N3O7/c1-30(45)42-23-21-39(44-24-10-14-32-12-6-8-15-36(32)44)50-38-28-43(40(46)51-41(2,3)4)25-22-35(38)31-17-19-34(20-18-31)49-27-11-26-48-29-33-13-7-9-16-37(33)47-5/h6-9,12-13,15-20,35,38-39H,10-11,14,21-29H2,1-5H3,(H,42,45)/t35-,38+,39?/m1/s1. The van der Waals surface area contributed by atoms with E-state index in [2.05, 4.69) is 46.6 Å². The summed E-state index contributed by atoms with van der Waals surface area (Å²) < 4.78 is 30.2. The van der Waals surface area contributed by atoms with Crippen LogP contribution in [0.15, 0.2) is 72.8 Å². The maximum atomic E-state index is 13.3. The van der Waals surface area contributed by atoms with Gasteiger partial charge in [-0.1, -0.05) is 48.5 Å². The van der Waals surface area contributed by atoms with E-state index in [1.54, 1.807) is 12.0 Å². The minimum atomic E-state index is -0.597. The van der Waals surface area contributed by atoms with Gasteiger partial charge in [0.05, 0.1) is 39.6 Å². The maximum Gasteiger partial charge on any atom is 0.410 e. The number of amides is 2. The van der Waals surface area contributed by atoms with Crippen molar-refractivity contribution in [2.75, 3.05) is 51.4 Å². The van der Waals surface area contributed by atoms with Gasteiger partial charge < -0.3 is 38.8 Å². The molecule has 0 saturated carbocycles. The molecule has 2 aliphatic rings. The summed E-state index contributed by atoms with van der Waals surface area (Å²) in [5, 5.41) is 2.96. The molecular weight excluding hydrogens is 646 g/mol. The molecule has 1 fully saturated rings. The second kappa shape index (κ2) is 18.3. The van der Waals surface area contributed by atoms with Crippen molar-refractivity contribution >= 4 is 17.7 Å². The molecule has 10 heteroatoms. The molecule has 3 aromatic rings. The highest BCUT2D eigenvalue weighted by Gasteiger charge is 2.38. The second-order valence-electron chi connectivity index (χ2n) is 14.3. The first-order valence-corrected chi connectivity index (χ1v) is 18.3. The number of benzene rings is 3. The Hall–Kier alpha value is -4.28. The lowest BCUT2D eigenvalue weighted by Crippen LogP contribution is -2.52. The third-order valence-corrected chi connectivity index (χ3v) is 9.26. The SMILES string of the molecule is COc1ccccc1COCCCOc1ccc([C@H]2CCN(C(=O)OC(C)(C)C)C[C@@H]2OC(CCNC(C)=O)N2CCCc3ccccc32)cc1. The van der Waals surface area contributed by atoms with Crippen LogP contribution in [0.5, 0.6) is 11.5 Å². The van der Waals surface area contributed by atoms with E-state index in [9.17, 15) is 9.59 Å². The number of methoxy groups -OCH3 is 1. The molecule has 3 atom stereocenters. The van der Waals surface area contributed by atoms with E-state index in [1.165, 1.54) is 18.2 Å². The predicted molar refractivity (Wildman–Crippen MR) is 198 cm³/mol. The minimum Gasteiger partial charge on any atom is -0.496 e. The highest BCUT2D eigenvalue weighted by molar-refractivity contribution is 5.72. The zero-order valence-corrected chi connectivity index (χ0v) is 30.9. The van der Waals surface area contributed by atoms with Crippen LogP contribution in [0.25, 0.3) is 0 Å².